The molecule has 1 amide bonds. The quantitative estimate of drug-likeness (QED) is 0.930. The van der Waals surface area contributed by atoms with Crippen LogP contribution in [0.4, 0.5) is 10.1 Å². The third-order valence-electron chi connectivity index (χ3n) is 3.47. The molecular weight excluding hydrogens is 317 g/mol. The summed E-state index contributed by atoms with van der Waals surface area (Å²) in [4.78, 5) is 24.8. The molecule has 0 fully saturated rings. The monoisotopic (exact) mass is 331 g/mol. The van der Waals surface area contributed by atoms with Crippen molar-refractivity contribution >= 4 is 17.6 Å². The van der Waals surface area contributed by atoms with E-state index in [1.54, 1.807) is 18.2 Å². The molecule has 1 N–H and O–H groups in total. The lowest BCUT2D eigenvalue weighted by Crippen LogP contribution is -2.38. The van der Waals surface area contributed by atoms with Crippen LogP contribution in [0.5, 0.6) is 11.5 Å². The second-order valence-electron chi connectivity index (χ2n) is 5.13. The molecule has 0 aliphatic carbocycles. The van der Waals surface area contributed by atoms with Crippen LogP contribution in [0.15, 0.2) is 42.5 Å². The Balaban J connectivity index is 1.85. The number of ether oxygens (including phenoxy) is 2. The van der Waals surface area contributed by atoms with Gasteiger partial charge >= 0.3 is 5.97 Å². The Hall–Kier alpha value is -3.09. The van der Waals surface area contributed by atoms with E-state index in [9.17, 15) is 14.0 Å². The zero-order valence-electron chi connectivity index (χ0n) is 12.6. The fourth-order valence-corrected chi connectivity index (χ4v) is 2.42. The van der Waals surface area contributed by atoms with Crippen LogP contribution >= 0.6 is 0 Å². The third kappa shape index (κ3) is 3.29. The SMILES string of the molecule is O=C(O)COc1cccc(C(=O)N2CCOc3cc(F)ccc32)c1. The largest absolute Gasteiger partial charge is 0.489 e. The molecule has 6 nitrogen and oxygen atoms in total. The van der Waals surface area contributed by atoms with E-state index in [-0.39, 0.29) is 18.3 Å². The Morgan fingerprint density at radius 3 is 2.88 bits per heavy atom. The van der Waals surface area contributed by atoms with Crippen molar-refractivity contribution in [1.82, 2.24) is 0 Å². The van der Waals surface area contributed by atoms with E-state index in [0.717, 1.165) is 0 Å². The van der Waals surface area contributed by atoms with Crippen LogP contribution in [0, 0.1) is 5.82 Å². The Labute approximate surface area is 137 Å². The second kappa shape index (κ2) is 6.57. The van der Waals surface area contributed by atoms with Crippen LogP contribution in [0.2, 0.25) is 0 Å². The maximum atomic E-state index is 13.3. The van der Waals surface area contributed by atoms with E-state index >= 15 is 0 Å². The van der Waals surface area contributed by atoms with Crippen molar-refractivity contribution in [2.24, 2.45) is 0 Å². The third-order valence-corrected chi connectivity index (χ3v) is 3.47. The highest BCUT2D eigenvalue weighted by molar-refractivity contribution is 6.07. The number of halogens is 1. The molecule has 1 aliphatic heterocycles. The van der Waals surface area contributed by atoms with E-state index < -0.39 is 18.4 Å². The molecule has 124 valence electrons. The number of carboxylic acid groups (broad SMARTS) is 1. The van der Waals surface area contributed by atoms with Gasteiger partial charge in [0.1, 0.15) is 23.9 Å². The first kappa shape index (κ1) is 15.8. The van der Waals surface area contributed by atoms with E-state index in [0.29, 0.717) is 23.5 Å². The summed E-state index contributed by atoms with van der Waals surface area (Å²) in [5, 5.41) is 8.64. The lowest BCUT2D eigenvalue weighted by atomic mass is 10.1. The predicted molar refractivity (Wildman–Crippen MR) is 83.1 cm³/mol. The highest BCUT2D eigenvalue weighted by Crippen LogP contribution is 2.33. The minimum atomic E-state index is -1.10. The Morgan fingerprint density at radius 1 is 1.25 bits per heavy atom. The molecule has 1 aliphatic rings. The molecule has 0 saturated carbocycles. The van der Waals surface area contributed by atoms with Gasteiger partial charge < -0.3 is 19.5 Å². The van der Waals surface area contributed by atoms with Gasteiger partial charge in [-0.1, -0.05) is 6.07 Å². The highest BCUT2D eigenvalue weighted by Gasteiger charge is 2.25. The van der Waals surface area contributed by atoms with Gasteiger partial charge in [-0.05, 0) is 30.3 Å². The summed E-state index contributed by atoms with van der Waals surface area (Å²) in [5.74, 6) is -1.24. The van der Waals surface area contributed by atoms with Gasteiger partial charge in [0.2, 0.25) is 0 Å². The Kier molecular flexibility index (Phi) is 4.33. The summed E-state index contributed by atoms with van der Waals surface area (Å²) in [7, 11) is 0. The van der Waals surface area contributed by atoms with Crippen molar-refractivity contribution < 1.29 is 28.6 Å². The average Bonchev–Trinajstić information content (AvgIpc) is 2.58. The topological polar surface area (TPSA) is 76.1 Å². The van der Waals surface area contributed by atoms with Crippen LogP contribution in [-0.4, -0.2) is 36.7 Å². The van der Waals surface area contributed by atoms with Gasteiger partial charge in [-0.25, -0.2) is 9.18 Å². The number of rotatable bonds is 4. The molecule has 0 saturated heterocycles. The maximum Gasteiger partial charge on any atom is 0.341 e. The molecule has 0 aromatic heterocycles. The zero-order chi connectivity index (χ0) is 17.1. The number of carbonyl (C=O) groups is 2. The van der Waals surface area contributed by atoms with E-state index in [1.165, 1.54) is 29.2 Å². The lowest BCUT2D eigenvalue weighted by Gasteiger charge is -2.29. The number of amides is 1. The number of nitrogens with zero attached hydrogens (tertiary/aromatic N) is 1. The summed E-state index contributed by atoms with van der Waals surface area (Å²) < 4.78 is 23.8. The normalized spacial score (nSPS) is 13.0. The first-order valence-corrected chi connectivity index (χ1v) is 7.23. The maximum absolute atomic E-state index is 13.3. The van der Waals surface area contributed by atoms with Crippen LogP contribution < -0.4 is 14.4 Å². The molecular formula is C17H14FNO5. The summed E-state index contributed by atoms with van der Waals surface area (Å²) >= 11 is 0. The fraction of sp³-hybridized carbons (Fsp3) is 0.176. The molecule has 0 bridgehead atoms. The molecule has 2 aromatic carbocycles. The molecule has 3 rings (SSSR count). The second-order valence-corrected chi connectivity index (χ2v) is 5.13. The number of fused-ring (bicyclic) bond motifs is 1. The number of hydrogen-bond donors (Lipinski definition) is 1. The van der Waals surface area contributed by atoms with Crippen molar-refractivity contribution in [3.05, 3.63) is 53.8 Å². The van der Waals surface area contributed by atoms with Gasteiger partial charge in [-0.3, -0.25) is 4.79 Å². The molecule has 0 radical (unpaired) electrons. The van der Waals surface area contributed by atoms with Gasteiger partial charge in [0.25, 0.3) is 5.91 Å². The molecule has 0 unspecified atom stereocenters. The van der Waals surface area contributed by atoms with Crippen LogP contribution in [0.3, 0.4) is 0 Å². The van der Waals surface area contributed by atoms with Crippen LogP contribution in [-0.2, 0) is 4.79 Å². The Bertz CT molecular complexity index is 792. The van der Waals surface area contributed by atoms with Gasteiger partial charge in [0.15, 0.2) is 6.61 Å². The molecule has 0 atom stereocenters. The number of anilines is 1. The van der Waals surface area contributed by atoms with Gasteiger partial charge in [-0.2, -0.15) is 0 Å². The highest BCUT2D eigenvalue weighted by atomic mass is 19.1. The van der Waals surface area contributed by atoms with E-state index in [1.807, 2.05) is 0 Å². The van der Waals surface area contributed by atoms with Gasteiger partial charge in [-0.15, -0.1) is 0 Å². The zero-order valence-corrected chi connectivity index (χ0v) is 12.6. The molecule has 1 heterocycles. The number of hydrogen-bond acceptors (Lipinski definition) is 4. The minimum absolute atomic E-state index is 0.261. The van der Waals surface area contributed by atoms with E-state index in [4.69, 9.17) is 14.6 Å². The smallest absolute Gasteiger partial charge is 0.341 e. The summed E-state index contributed by atoms with van der Waals surface area (Å²) in [6.07, 6.45) is 0. The number of aliphatic carboxylic acids is 1. The average molecular weight is 331 g/mol. The minimum Gasteiger partial charge on any atom is -0.489 e. The van der Waals surface area contributed by atoms with Gasteiger partial charge in [0, 0.05) is 11.6 Å². The fourth-order valence-electron chi connectivity index (χ4n) is 2.42. The predicted octanol–water partition coefficient (Wildman–Crippen LogP) is 2.33. The van der Waals surface area contributed by atoms with Gasteiger partial charge in [0.05, 0.1) is 12.2 Å². The van der Waals surface area contributed by atoms with E-state index in [2.05, 4.69) is 0 Å². The summed E-state index contributed by atoms with van der Waals surface area (Å²) in [5.41, 5.74) is 0.833. The van der Waals surface area contributed by atoms with Crippen molar-refractivity contribution in [2.45, 2.75) is 0 Å². The molecule has 0 spiro atoms. The van der Waals surface area contributed by atoms with Crippen molar-refractivity contribution in [3.63, 3.8) is 0 Å². The number of benzene rings is 2. The number of carbonyl (C=O) groups excluding carboxylic acids is 1. The first-order valence-electron chi connectivity index (χ1n) is 7.23. The first-order chi connectivity index (χ1) is 11.5. The van der Waals surface area contributed by atoms with Crippen molar-refractivity contribution in [1.29, 1.82) is 0 Å². The summed E-state index contributed by atoms with van der Waals surface area (Å²) in [6.45, 7) is 0.104. The van der Waals surface area contributed by atoms with Crippen LogP contribution in [0.1, 0.15) is 10.4 Å². The molecule has 24 heavy (non-hydrogen) atoms. The van der Waals surface area contributed by atoms with Crippen molar-refractivity contribution in [2.75, 3.05) is 24.7 Å². The standard InChI is InChI=1S/C17H14FNO5/c18-12-4-5-14-15(9-12)23-7-6-19(14)17(22)11-2-1-3-13(8-11)24-10-16(20)21/h1-5,8-9H,6-7,10H2,(H,20,21). The summed E-state index contributed by atoms with van der Waals surface area (Å²) in [6, 6.07) is 10.3. The Morgan fingerprint density at radius 2 is 2.08 bits per heavy atom. The van der Waals surface area contributed by atoms with Crippen LogP contribution in [0.25, 0.3) is 0 Å². The molecule has 2 aromatic rings. The molecule has 7 heteroatoms. The number of carboxylic acids is 1. The van der Waals surface area contributed by atoms with Crippen molar-refractivity contribution in [3.8, 4) is 11.5 Å². The lowest BCUT2D eigenvalue weighted by molar-refractivity contribution is -0.139.